The highest BCUT2D eigenvalue weighted by Crippen LogP contribution is 2.30. The van der Waals surface area contributed by atoms with Crippen molar-refractivity contribution in [3.63, 3.8) is 0 Å². The van der Waals surface area contributed by atoms with E-state index in [1.54, 1.807) is 0 Å². The molecular weight excluding hydrogens is 285 g/mol. The van der Waals surface area contributed by atoms with E-state index in [0.29, 0.717) is 6.54 Å². The van der Waals surface area contributed by atoms with Crippen LogP contribution < -0.4 is 5.32 Å². The molecule has 0 aliphatic carbocycles. The molecule has 1 aliphatic rings. The molecule has 1 N–H and O–H groups in total. The molecule has 1 aromatic carbocycles. The highest BCUT2D eigenvalue weighted by Gasteiger charge is 2.18. The van der Waals surface area contributed by atoms with Gasteiger partial charge in [-0.05, 0) is 32.0 Å². The molecule has 1 aromatic rings. The standard InChI is InChI=1S/C13H17ClFN3O2/c14-10-8-12(13(18(19)20)9-11(10)15)16-4-7-17-5-2-1-3-6-17/h8-9,16H,1-7H2. The van der Waals surface area contributed by atoms with Gasteiger partial charge in [-0.15, -0.1) is 0 Å². The Morgan fingerprint density at radius 2 is 2.05 bits per heavy atom. The van der Waals surface area contributed by atoms with Crippen LogP contribution in [-0.2, 0) is 0 Å². The fourth-order valence-corrected chi connectivity index (χ4v) is 2.52. The van der Waals surface area contributed by atoms with Crippen molar-refractivity contribution in [1.29, 1.82) is 0 Å². The second-order valence-electron chi connectivity index (χ2n) is 4.87. The lowest BCUT2D eigenvalue weighted by Gasteiger charge is -2.26. The minimum Gasteiger partial charge on any atom is -0.378 e. The summed E-state index contributed by atoms with van der Waals surface area (Å²) in [7, 11) is 0. The monoisotopic (exact) mass is 301 g/mol. The number of nitrogens with zero attached hydrogens (tertiary/aromatic N) is 2. The van der Waals surface area contributed by atoms with Crippen molar-refractivity contribution in [2.75, 3.05) is 31.5 Å². The van der Waals surface area contributed by atoms with Gasteiger partial charge in [0.15, 0.2) is 0 Å². The van der Waals surface area contributed by atoms with Crippen LogP contribution in [0.4, 0.5) is 15.8 Å². The third-order valence-corrected chi connectivity index (χ3v) is 3.72. The lowest BCUT2D eigenvalue weighted by atomic mass is 10.1. The van der Waals surface area contributed by atoms with Crippen LogP contribution in [0.3, 0.4) is 0 Å². The van der Waals surface area contributed by atoms with Crippen LogP contribution in [0.15, 0.2) is 12.1 Å². The fourth-order valence-electron chi connectivity index (χ4n) is 2.36. The zero-order chi connectivity index (χ0) is 14.5. The number of hydrogen-bond acceptors (Lipinski definition) is 4. The van der Waals surface area contributed by atoms with Gasteiger partial charge < -0.3 is 10.2 Å². The van der Waals surface area contributed by atoms with Crippen LogP contribution in [-0.4, -0.2) is 36.0 Å². The summed E-state index contributed by atoms with van der Waals surface area (Å²) < 4.78 is 13.3. The fraction of sp³-hybridized carbons (Fsp3) is 0.538. The molecule has 7 heteroatoms. The summed E-state index contributed by atoms with van der Waals surface area (Å²) >= 11 is 5.67. The zero-order valence-electron chi connectivity index (χ0n) is 11.1. The summed E-state index contributed by atoms with van der Waals surface area (Å²) in [6.07, 6.45) is 3.66. The predicted molar refractivity (Wildman–Crippen MR) is 76.8 cm³/mol. The largest absolute Gasteiger partial charge is 0.378 e. The summed E-state index contributed by atoms with van der Waals surface area (Å²) in [4.78, 5) is 12.6. The number of hydrogen-bond donors (Lipinski definition) is 1. The minimum atomic E-state index is -0.778. The molecule has 5 nitrogen and oxygen atoms in total. The molecule has 0 aromatic heterocycles. The van der Waals surface area contributed by atoms with E-state index in [-0.39, 0.29) is 16.4 Å². The Labute approximate surface area is 121 Å². The lowest BCUT2D eigenvalue weighted by molar-refractivity contribution is -0.384. The van der Waals surface area contributed by atoms with E-state index in [4.69, 9.17) is 11.6 Å². The Morgan fingerprint density at radius 3 is 2.70 bits per heavy atom. The number of benzene rings is 1. The first kappa shape index (κ1) is 15.0. The van der Waals surface area contributed by atoms with Crippen molar-refractivity contribution in [2.24, 2.45) is 0 Å². The molecule has 1 aliphatic heterocycles. The van der Waals surface area contributed by atoms with Crippen molar-refractivity contribution >= 4 is 23.0 Å². The number of piperidine rings is 1. The van der Waals surface area contributed by atoms with Crippen LogP contribution >= 0.6 is 11.6 Å². The Bertz CT molecular complexity index is 493. The third kappa shape index (κ3) is 3.80. The Morgan fingerprint density at radius 1 is 1.35 bits per heavy atom. The molecule has 1 saturated heterocycles. The number of anilines is 1. The number of halogens is 2. The van der Waals surface area contributed by atoms with Crippen molar-refractivity contribution in [3.8, 4) is 0 Å². The van der Waals surface area contributed by atoms with Gasteiger partial charge in [0.25, 0.3) is 5.69 Å². The second kappa shape index (κ2) is 6.85. The summed E-state index contributed by atoms with van der Waals surface area (Å²) in [6, 6.07) is 2.12. The topological polar surface area (TPSA) is 58.4 Å². The van der Waals surface area contributed by atoms with Gasteiger partial charge in [-0.2, -0.15) is 0 Å². The maximum absolute atomic E-state index is 13.3. The molecule has 0 bridgehead atoms. The first-order valence-corrected chi connectivity index (χ1v) is 7.05. The predicted octanol–water partition coefficient (Wildman–Crippen LogP) is 3.29. The lowest BCUT2D eigenvalue weighted by Crippen LogP contribution is -2.33. The quantitative estimate of drug-likeness (QED) is 0.670. The molecule has 2 rings (SSSR count). The SMILES string of the molecule is O=[N+]([O-])c1cc(F)c(Cl)cc1NCCN1CCCCC1. The summed E-state index contributed by atoms with van der Waals surface area (Å²) in [5, 5.41) is 13.8. The highest BCUT2D eigenvalue weighted by molar-refractivity contribution is 6.31. The highest BCUT2D eigenvalue weighted by atomic mass is 35.5. The van der Waals surface area contributed by atoms with Crippen molar-refractivity contribution in [3.05, 3.63) is 33.1 Å². The molecule has 0 radical (unpaired) electrons. The zero-order valence-corrected chi connectivity index (χ0v) is 11.8. The van der Waals surface area contributed by atoms with Crippen LogP contribution in [0.1, 0.15) is 19.3 Å². The molecule has 0 spiro atoms. The normalized spacial score (nSPS) is 16.1. The van der Waals surface area contributed by atoms with Crippen molar-refractivity contribution < 1.29 is 9.31 Å². The number of rotatable bonds is 5. The summed E-state index contributed by atoms with van der Waals surface area (Å²) in [6.45, 7) is 3.51. The van der Waals surface area contributed by atoms with E-state index in [0.717, 1.165) is 25.7 Å². The first-order valence-electron chi connectivity index (χ1n) is 6.67. The minimum absolute atomic E-state index is 0.115. The van der Waals surface area contributed by atoms with E-state index < -0.39 is 10.7 Å². The van der Waals surface area contributed by atoms with Gasteiger partial charge in [0, 0.05) is 13.1 Å². The molecule has 0 atom stereocenters. The second-order valence-corrected chi connectivity index (χ2v) is 5.28. The molecule has 0 unspecified atom stereocenters. The van der Waals surface area contributed by atoms with Gasteiger partial charge in [-0.25, -0.2) is 4.39 Å². The molecule has 0 saturated carbocycles. The summed E-state index contributed by atoms with van der Waals surface area (Å²) in [5.41, 5.74) is -0.0241. The number of nitro benzene ring substituents is 1. The molecule has 0 amide bonds. The molecule has 1 fully saturated rings. The smallest absolute Gasteiger partial charge is 0.295 e. The van der Waals surface area contributed by atoms with Gasteiger partial charge in [0.1, 0.15) is 11.5 Å². The van der Waals surface area contributed by atoms with Crippen molar-refractivity contribution in [2.45, 2.75) is 19.3 Å². The molecular formula is C13H17ClFN3O2. The van der Waals surface area contributed by atoms with E-state index >= 15 is 0 Å². The Balaban J connectivity index is 1.97. The Hall–Kier alpha value is -1.40. The maximum atomic E-state index is 13.3. The number of nitrogens with one attached hydrogen (secondary N) is 1. The van der Waals surface area contributed by atoms with E-state index in [1.165, 1.54) is 25.3 Å². The number of nitro groups is 1. The van der Waals surface area contributed by atoms with Gasteiger partial charge >= 0.3 is 0 Å². The molecule has 110 valence electrons. The van der Waals surface area contributed by atoms with Gasteiger partial charge in [0.05, 0.1) is 16.0 Å². The Kier molecular flexibility index (Phi) is 5.14. The van der Waals surface area contributed by atoms with E-state index in [2.05, 4.69) is 10.2 Å². The van der Waals surface area contributed by atoms with E-state index in [9.17, 15) is 14.5 Å². The van der Waals surface area contributed by atoms with Crippen molar-refractivity contribution in [1.82, 2.24) is 4.90 Å². The van der Waals surface area contributed by atoms with Gasteiger partial charge in [-0.1, -0.05) is 18.0 Å². The third-order valence-electron chi connectivity index (χ3n) is 3.43. The van der Waals surface area contributed by atoms with E-state index in [1.807, 2.05) is 0 Å². The average molecular weight is 302 g/mol. The van der Waals surface area contributed by atoms with Crippen LogP contribution in [0, 0.1) is 15.9 Å². The average Bonchev–Trinajstić information content (AvgIpc) is 2.43. The van der Waals surface area contributed by atoms with Crippen LogP contribution in [0.25, 0.3) is 0 Å². The first-order chi connectivity index (χ1) is 9.58. The summed E-state index contributed by atoms with van der Waals surface area (Å²) in [5.74, 6) is -0.778. The number of likely N-dealkylation sites (tertiary alicyclic amines) is 1. The van der Waals surface area contributed by atoms with Gasteiger partial charge in [-0.3, -0.25) is 10.1 Å². The van der Waals surface area contributed by atoms with Gasteiger partial charge in [0.2, 0.25) is 0 Å². The van der Waals surface area contributed by atoms with Crippen LogP contribution in [0.5, 0.6) is 0 Å². The van der Waals surface area contributed by atoms with Crippen LogP contribution in [0.2, 0.25) is 5.02 Å². The molecule has 20 heavy (non-hydrogen) atoms. The maximum Gasteiger partial charge on any atom is 0.295 e. The molecule has 1 heterocycles.